The van der Waals surface area contributed by atoms with Gasteiger partial charge in [0.25, 0.3) is 0 Å². The molecule has 7 aromatic carbocycles. The molecular formula is C54H37N5. The smallest absolute Gasteiger partial charge is 0.164 e. The predicted molar refractivity (Wildman–Crippen MR) is 238 cm³/mol. The van der Waals surface area contributed by atoms with E-state index in [4.69, 9.17) is 15.0 Å². The highest BCUT2D eigenvalue weighted by molar-refractivity contribution is 5.87. The van der Waals surface area contributed by atoms with E-state index < -0.39 is 0 Å². The molecule has 2 aromatic heterocycles. The number of benzene rings is 7. The minimum absolute atomic E-state index is 0.242. The maximum atomic E-state index is 9.65. The fourth-order valence-corrected chi connectivity index (χ4v) is 8.25. The van der Waals surface area contributed by atoms with Gasteiger partial charge in [-0.05, 0) is 104 Å². The molecule has 5 nitrogen and oxygen atoms in total. The van der Waals surface area contributed by atoms with Crippen molar-refractivity contribution in [3.05, 3.63) is 205 Å². The van der Waals surface area contributed by atoms with E-state index in [9.17, 15) is 5.26 Å². The Kier molecular flexibility index (Phi) is 8.81. The second-order valence-electron chi connectivity index (χ2n) is 15.5. The maximum Gasteiger partial charge on any atom is 0.164 e. The van der Waals surface area contributed by atoms with Gasteiger partial charge in [0.05, 0.1) is 11.6 Å². The molecule has 0 amide bonds. The third-order valence-electron chi connectivity index (χ3n) is 11.5. The van der Waals surface area contributed by atoms with Crippen LogP contribution in [0.5, 0.6) is 0 Å². The number of hydrogen-bond donors (Lipinski definition) is 0. The van der Waals surface area contributed by atoms with Crippen LogP contribution in [0.4, 0.5) is 0 Å². The van der Waals surface area contributed by atoms with Gasteiger partial charge in [-0.3, -0.25) is 4.98 Å². The van der Waals surface area contributed by atoms with E-state index in [0.29, 0.717) is 23.0 Å². The first-order valence-corrected chi connectivity index (χ1v) is 19.7. The molecule has 0 radical (unpaired) electrons. The molecular weight excluding hydrogens is 719 g/mol. The van der Waals surface area contributed by atoms with Crippen molar-refractivity contribution in [1.29, 1.82) is 5.26 Å². The summed E-state index contributed by atoms with van der Waals surface area (Å²) in [5, 5.41) is 9.65. The molecule has 1 aliphatic carbocycles. The van der Waals surface area contributed by atoms with Gasteiger partial charge in [-0.15, -0.1) is 0 Å². The largest absolute Gasteiger partial charge is 0.264 e. The predicted octanol–water partition coefficient (Wildman–Crippen LogP) is 13.1. The summed E-state index contributed by atoms with van der Waals surface area (Å²) in [6.07, 6.45) is 3.72. The Morgan fingerprint density at radius 1 is 0.390 bits per heavy atom. The van der Waals surface area contributed by atoms with Gasteiger partial charge in [0.15, 0.2) is 17.5 Å². The summed E-state index contributed by atoms with van der Waals surface area (Å²) in [7, 11) is 0. The Morgan fingerprint density at radius 2 is 0.814 bits per heavy atom. The normalized spacial score (nSPS) is 12.4. The standard InChI is InChI=1S/C54H37N5/c1-54(2)49-28-35(33-55)15-25-47(49)48-26-24-42(32-50(48)54)45-29-44(30-46(31-45)43-14-9-27-56-34-43)38-18-22-41(23-19-38)53-58-51(39-12-7-4-8-13-39)57-52(59-53)40-20-16-37(17-21-40)36-10-5-3-6-11-36/h3-32,34H,1-2H3. The third kappa shape index (κ3) is 6.67. The molecule has 0 saturated carbocycles. The van der Waals surface area contributed by atoms with Crippen LogP contribution in [0.1, 0.15) is 30.5 Å². The van der Waals surface area contributed by atoms with Crippen molar-refractivity contribution in [2.24, 2.45) is 0 Å². The van der Waals surface area contributed by atoms with Crippen molar-refractivity contribution in [3.63, 3.8) is 0 Å². The van der Waals surface area contributed by atoms with Crippen molar-refractivity contribution in [2.45, 2.75) is 19.3 Å². The van der Waals surface area contributed by atoms with Crippen molar-refractivity contribution in [1.82, 2.24) is 19.9 Å². The Hall–Kier alpha value is -7.81. The fourth-order valence-electron chi connectivity index (χ4n) is 8.25. The highest BCUT2D eigenvalue weighted by Crippen LogP contribution is 2.50. The van der Waals surface area contributed by atoms with E-state index in [0.717, 1.165) is 61.2 Å². The lowest BCUT2D eigenvalue weighted by Crippen LogP contribution is -2.15. The first kappa shape index (κ1) is 35.6. The number of aromatic nitrogens is 4. The molecule has 59 heavy (non-hydrogen) atoms. The van der Waals surface area contributed by atoms with Gasteiger partial charge in [-0.2, -0.15) is 5.26 Å². The second kappa shape index (κ2) is 14.6. The fraction of sp³-hybridized carbons (Fsp3) is 0.0556. The quantitative estimate of drug-likeness (QED) is 0.162. The van der Waals surface area contributed by atoms with E-state index in [2.05, 4.69) is 146 Å². The lowest BCUT2D eigenvalue weighted by Gasteiger charge is -2.22. The summed E-state index contributed by atoms with van der Waals surface area (Å²) in [6.45, 7) is 4.50. The summed E-state index contributed by atoms with van der Waals surface area (Å²) >= 11 is 0. The molecule has 0 fully saturated rings. The van der Waals surface area contributed by atoms with Crippen LogP contribution in [0.3, 0.4) is 0 Å². The molecule has 2 heterocycles. The number of nitriles is 1. The van der Waals surface area contributed by atoms with Crippen molar-refractivity contribution in [2.75, 3.05) is 0 Å². The van der Waals surface area contributed by atoms with Crippen LogP contribution in [-0.2, 0) is 5.41 Å². The molecule has 0 bridgehead atoms. The molecule has 0 N–H and O–H groups in total. The summed E-state index contributed by atoms with van der Waals surface area (Å²) in [5.74, 6) is 1.86. The third-order valence-corrected chi connectivity index (χ3v) is 11.5. The van der Waals surface area contributed by atoms with E-state index in [-0.39, 0.29) is 5.41 Å². The number of nitrogens with zero attached hydrogens (tertiary/aromatic N) is 5. The molecule has 278 valence electrons. The second-order valence-corrected chi connectivity index (χ2v) is 15.5. The summed E-state index contributed by atoms with van der Waals surface area (Å²) < 4.78 is 0. The molecule has 0 unspecified atom stereocenters. The van der Waals surface area contributed by atoms with Gasteiger partial charge in [0.1, 0.15) is 0 Å². The molecule has 9 aromatic rings. The first-order chi connectivity index (χ1) is 28.9. The Morgan fingerprint density at radius 3 is 1.37 bits per heavy atom. The zero-order valence-electron chi connectivity index (χ0n) is 32.6. The molecule has 1 aliphatic rings. The van der Waals surface area contributed by atoms with Crippen LogP contribution in [0.15, 0.2) is 188 Å². The first-order valence-electron chi connectivity index (χ1n) is 19.7. The monoisotopic (exact) mass is 755 g/mol. The average molecular weight is 756 g/mol. The zero-order chi connectivity index (χ0) is 39.9. The summed E-state index contributed by atoms with van der Waals surface area (Å²) in [5.41, 5.74) is 16.9. The van der Waals surface area contributed by atoms with Crippen LogP contribution < -0.4 is 0 Å². The summed E-state index contributed by atoms with van der Waals surface area (Å²) in [6, 6.07) is 63.3. The van der Waals surface area contributed by atoms with Gasteiger partial charge in [-0.1, -0.05) is 147 Å². The van der Waals surface area contributed by atoms with Gasteiger partial charge in [0, 0.05) is 40.1 Å². The highest BCUT2D eigenvalue weighted by Gasteiger charge is 2.36. The SMILES string of the molecule is CC1(C)c2cc(C#N)ccc2-c2ccc(-c3cc(-c4ccc(-c5nc(-c6ccccc6)nc(-c6ccc(-c7ccccc7)cc6)n5)cc4)cc(-c4cccnc4)c3)cc21. The zero-order valence-corrected chi connectivity index (χ0v) is 32.6. The van der Waals surface area contributed by atoms with Crippen LogP contribution in [0.2, 0.25) is 0 Å². The maximum absolute atomic E-state index is 9.65. The number of hydrogen-bond acceptors (Lipinski definition) is 5. The molecule has 0 aliphatic heterocycles. The van der Waals surface area contributed by atoms with E-state index >= 15 is 0 Å². The minimum Gasteiger partial charge on any atom is -0.264 e. The number of rotatable bonds is 7. The molecule has 10 rings (SSSR count). The van der Waals surface area contributed by atoms with E-state index in [1.165, 1.54) is 22.3 Å². The van der Waals surface area contributed by atoms with Gasteiger partial charge < -0.3 is 0 Å². The Labute approximate surface area is 344 Å². The molecule has 0 spiro atoms. The van der Waals surface area contributed by atoms with Crippen molar-refractivity contribution < 1.29 is 0 Å². The lowest BCUT2D eigenvalue weighted by molar-refractivity contribution is 0.660. The number of fused-ring (bicyclic) bond motifs is 3. The molecule has 0 atom stereocenters. The highest BCUT2D eigenvalue weighted by atomic mass is 15.0. The van der Waals surface area contributed by atoms with Crippen LogP contribution >= 0.6 is 0 Å². The Bertz CT molecular complexity index is 3040. The lowest BCUT2D eigenvalue weighted by atomic mass is 9.81. The molecule has 0 saturated heterocycles. The van der Waals surface area contributed by atoms with Crippen LogP contribution in [0, 0.1) is 11.3 Å². The van der Waals surface area contributed by atoms with Gasteiger partial charge in [0.2, 0.25) is 0 Å². The average Bonchev–Trinajstić information content (AvgIpc) is 3.54. The minimum atomic E-state index is -0.242. The van der Waals surface area contributed by atoms with Gasteiger partial charge >= 0.3 is 0 Å². The summed E-state index contributed by atoms with van der Waals surface area (Å²) in [4.78, 5) is 19.4. The van der Waals surface area contributed by atoms with Crippen LogP contribution in [0.25, 0.3) is 89.8 Å². The van der Waals surface area contributed by atoms with Crippen LogP contribution in [-0.4, -0.2) is 19.9 Å². The topological polar surface area (TPSA) is 75.3 Å². The van der Waals surface area contributed by atoms with Crippen molar-refractivity contribution >= 4 is 0 Å². The van der Waals surface area contributed by atoms with E-state index in [1.54, 1.807) is 6.20 Å². The number of pyridine rings is 1. The van der Waals surface area contributed by atoms with E-state index in [1.807, 2.05) is 60.8 Å². The molecule has 5 heteroatoms. The van der Waals surface area contributed by atoms with Gasteiger partial charge in [-0.25, -0.2) is 15.0 Å². The Balaban J connectivity index is 1.03. The van der Waals surface area contributed by atoms with Crippen molar-refractivity contribution in [3.8, 4) is 95.9 Å².